The lowest BCUT2D eigenvalue weighted by Crippen LogP contribution is -2.46. The van der Waals surface area contributed by atoms with Gasteiger partial charge in [-0.05, 0) is 53.3 Å². The number of furan rings is 1. The number of rotatable bonds is 6. The second-order valence-corrected chi connectivity index (χ2v) is 8.48. The van der Waals surface area contributed by atoms with E-state index in [1.165, 1.54) is 16.0 Å². The van der Waals surface area contributed by atoms with Crippen LogP contribution in [0.4, 0.5) is 0 Å². The molecule has 0 spiro atoms. The molecule has 0 bridgehead atoms. The number of nitrogens with zero attached hydrogens (tertiary/aromatic N) is 2. The van der Waals surface area contributed by atoms with Gasteiger partial charge in [0.05, 0.1) is 12.3 Å². The van der Waals surface area contributed by atoms with E-state index in [-0.39, 0.29) is 36.7 Å². The number of hydrogen-bond donors (Lipinski definition) is 0. The van der Waals surface area contributed by atoms with Crippen LogP contribution in [-0.2, 0) is 11.2 Å². The SMILES string of the molecule is C=CCN(CC(=O)N1CCc2sccc2C1c1ccc(Cl)cc1)C(=O)c1ccco1. The zero-order chi connectivity index (χ0) is 21.1. The van der Waals surface area contributed by atoms with E-state index in [1.807, 2.05) is 29.2 Å². The smallest absolute Gasteiger partial charge is 0.290 e. The summed E-state index contributed by atoms with van der Waals surface area (Å²) in [7, 11) is 0. The van der Waals surface area contributed by atoms with Crippen molar-refractivity contribution in [2.24, 2.45) is 0 Å². The Hall–Kier alpha value is -2.83. The molecule has 30 heavy (non-hydrogen) atoms. The summed E-state index contributed by atoms with van der Waals surface area (Å²) < 4.78 is 5.23. The summed E-state index contributed by atoms with van der Waals surface area (Å²) in [6, 6.07) is 12.7. The van der Waals surface area contributed by atoms with Crippen molar-refractivity contribution in [2.75, 3.05) is 19.6 Å². The van der Waals surface area contributed by atoms with Crippen molar-refractivity contribution in [3.8, 4) is 0 Å². The topological polar surface area (TPSA) is 53.8 Å². The van der Waals surface area contributed by atoms with Gasteiger partial charge in [-0.3, -0.25) is 9.59 Å². The van der Waals surface area contributed by atoms with Crippen molar-refractivity contribution < 1.29 is 14.0 Å². The van der Waals surface area contributed by atoms with Crippen LogP contribution in [-0.4, -0.2) is 41.2 Å². The standard InChI is InChI=1S/C23H21ClN2O3S/c1-2-11-25(23(28)19-4-3-13-29-19)15-21(27)26-12-9-20-18(10-14-30-20)22(26)16-5-7-17(24)8-6-16/h2-8,10,13-14,22H,1,9,11-12,15H2. The van der Waals surface area contributed by atoms with Crippen LogP contribution in [0.25, 0.3) is 0 Å². The Morgan fingerprint density at radius 1 is 1.27 bits per heavy atom. The largest absolute Gasteiger partial charge is 0.459 e. The molecule has 1 atom stereocenters. The highest BCUT2D eigenvalue weighted by molar-refractivity contribution is 7.10. The van der Waals surface area contributed by atoms with Crippen molar-refractivity contribution in [1.29, 1.82) is 0 Å². The lowest BCUT2D eigenvalue weighted by atomic mass is 9.93. The van der Waals surface area contributed by atoms with Gasteiger partial charge < -0.3 is 14.2 Å². The molecule has 3 aromatic rings. The van der Waals surface area contributed by atoms with E-state index in [0.717, 1.165) is 17.5 Å². The van der Waals surface area contributed by atoms with Crippen molar-refractivity contribution in [3.05, 3.63) is 93.5 Å². The Balaban J connectivity index is 1.61. The third kappa shape index (κ3) is 4.06. The average Bonchev–Trinajstić information content (AvgIpc) is 3.44. The van der Waals surface area contributed by atoms with Gasteiger partial charge in [-0.2, -0.15) is 0 Å². The van der Waals surface area contributed by atoms with E-state index >= 15 is 0 Å². The fourth-order valence-electron chi connectivity index (χ4n) is 3.77. The molecule has 1 aliphatic heterocycles. The Morgan fingerprint density at radius 2 is 2.07 bits per heavy atom. The first kappa shape index (κ1) is 20.4. The molecule has 154 valence electrons. The zero-order valence-electron chi connectivity index (χ0n) is 16.3. The Labute approximate surface area is 184 Å². The highest BCUT2D eigenvalue weighted by Crippen LogP contribution is 2.38. The molecule has 2 aromatic heterocycles. The van der Waals surface area contributed by atoms with E-state index in [1.54, 1.807) is 29.5 Å². The molecule has 2 amide bonds. The van der Waals surface area contributed by atoms with Gasteiger partial charge in [0.2, 0.25) is 5.91 Å². The van der Waals surface area contributed by atoms with Gasteiger partial charge in [-0.15, -0.1) is 17.9 Å². The van der Waals surface area contributed by atoms with Gasteiger partial charge in [-0.1, -0.05) is 29.8 Å². The first-order chi connectivity index (χ1) is 14.6. The van der Waals surface area contributed by atoms with Crippen LogP contribution in [0.3, 0.4) is 0 Å². The van der Waals surface area contributed by atoms with Gasteiger partial charge >= 0.3 is 0 Å². The molecule has 5 nitrogen and oxygen atoms in total. The molecule has 1 aliphatic rings. The van der Waals surface area contributed by atoms with Gasteiger partial charge in [-0.25, -0.2) is 0 Å². The fourth-order valence-corrected chi connectivity index (χ4v) is 4.80. The first-order valence-corrected chi connectivity index (χ1v) is 10.9. The van der Waals surface area contributed by atoms with E-state index in [2.05, 4.69) is 18.0 Å². The molecule has 0 aliphatic carbocycles. The molecule has 0 radical (unpaired) electrons. The number of thiophene rings is 1. The summed E-state index contributed by atoms with van der Waals surface area (Å²) >= 11 is 7.79. The summed E-state index contributed by atoms with van der Waals surface area (Å²) in [6.07, 6.45) is 3.86. The number of carbonyl (C=O) groups is 2. The Morgan fingerprint density at radius 3 is 2.77 bits per heavy atom. The number of fused-ring (bicyclic) bond motifs is 1. The molecule has 0 saturated heterocycles. The second kappa shape index (κ2) is 8.90. The summed E-state index contributed by atoms with van der Waals surface area (Å²) in [4.78, 5) is 30.7. The lowest BCUT2D eigenvalue weighted by Gasteiger charge is -2.37. The third-order valence-corrected chi connectivity index (χ3v) is 6.42. The fraction of sp³-hybridized carbons (Fsp3) is 0.217. The average molecular weight is 441 g/mol. The minimum Gasteiger partial charge on any atom is -0.459 e. The first-order valence-electron chi connectivity index (χ1n) is 9.63. The number of halogens is 1. The number of benzene rings is 1. The number of hydrogen-bond acceptors (Lipinski definition) is 4. The molecule has 0 fully saturated rings. The van der Waals surface area contributed by atoms with Crippen molar-refractivity contribution in [3.63, 3.8) is 0 Å². The third-order valence-electron chi connectivity index (χ3n) is 5.17. The maximum absolute atomic E-state index is 13.4. The highest BCUT2D eigenvalue weighted by atomic mass is 35.5. The predicted octanol–water partition coefficient (Wildman–Crippen LogP) is 4.80. The van der Waals surface area contributed by atoms with Gasteiger partial charge in [0.15, 0.2) is 5.76 Å². The quantitative estimate of drug-likeness (QED) is 0.517. The van der Waals surface area contributed by atoms with Gasteiger partial charge in [0.25, 0.3) is 5.91 Å². The van der Waals surface area contributed by atoms with E-state index < -0.39 is 0 Å². The Bertz CT molecular complexity index is 1040. The summed E-state index contributed by atoms with van der Waals surface area (Å²) in [6.45, 7) is 4.52. The molecule has 0 N–H and O–H groups in total. The van der Waals surface area contributed by atoms with Crippen LogP contribution in [0.1, 0.15) is 32.6 Å². The minimum absolute atomic E-state index is 0.0465. The second-order valence-electron chi connectivity index (χ2n) is 7.04. The number of carbonyl (C=O) groups excluding carboxylic acids is 2. The van der Waals surface area contributed by atoms with E-state index in [4.69, 9.17) is 16.0 Å². The van der Waals surface area contributed by atoms with Gasteiger partial charge in [0.1, 0.15) is 6.54 Å². The van der Waals surface area contributed by atoms with Crippen LogP contribution in [0.5, 0.6) is 0 Å². The van der Waals surface area contributed by atoms with Crippen LogP contribution in [0.2, 0.25) is 5.02 Å². The van der Waals surface area contributed by atoms with E-state index in [9.17, 15) is 9.59 Å². The molecule has 1 aromatic carbocycles. The van der Waals surface area contributed by atoms with Crippen LogP contribution in [0.15, 0.2) is 71.2 Å². The maximum Gasteiger partial charge on any atom is 0.290 e. The molecular weight excluding hydrogens is 420 g/mol. The van der Waals surface area contributed by atoms with Crippen molar-refractivity contribution >= 4 is 34.8 Å². The lowest BCUT2D eigenvalue weighted by molar-refractivity contribution is -0.133. The van der Waals surface area contributed by atoms with Crippen molar-refractivity contribution in [2.45, 2.75) is 12.5 Å². The summed E-state index contributed by atoms with van der Waals surface area (Å²) in [5, 5.41) is 2.71. The van der Waals surface area contributed by atoms with Gasteiger partial charge in [0, 0.05) is 23.0 Å². The molecule has 0 saturated carbocycles. The summed E-state index contributed by atoms with van der Waals surface area (Å²) in [5.41, 5.74) is 2.13. The monoisotopic (exact) mass is 440 g/mol. The maximum atomic E-state index is 13.4. The van der Waals surface area contributed by atoms with E-state index in [0.29, 0.717) is 11.6 Å². The van der Waals surface area contributed by atoms with Crippen LogP contribution in [0, 0.1) is 0 Å². The minimum atomic E-state index is -0.329. The Kier molecular flexibility index (Phi) is 6.06. The van der Waals surface area contributed by atoms with Crippen molar-refractivity contribution in [1.82, 2.24) is 9.80 Å². The van der Waals surface area contributed by atoms with Crippen LogP contribution >= 0.6 is 22.9 Å². The number of amides is 2. The molecule has 4 rings (SSSR count). The molecule has 1 unspecified atom stereocenters. The predicted molar refractivity (Wildman–Crippen MR) is 118 cm³/mol. The summed E-state index contributed by atoms with van der Waals surface area (Å²) in [5.74, 6) is -0.240. The highest BCUT2D eigenvalue weighted by Gasteiger charge is 2.34. The molecular formula is C23H21ClN2O3S. The molecule has 3 heterocycles. The molecule has 7 heteroatoms. The normalized spacial score (nSPS) is 15.5. The van der Waals surface area contributed by atoms with Crippen LogP contribution < -0.4 is 0 Å². The zero-order valence-corrected chi connectivity index (χ0v) is 17.9.